The molecule has 1 aliphatic rings. The van der Waals surface area contributed by atoms with E-state index in [1.165, 1.54) is 6.07 Å². The minimum atomic E-state index is -0.209. The molecule has 0 spiro atoms. The number of likely N-dealkylation sites (tertiary alicyclic amines) is 1. The van der Waals surface area contributed by atoms with Gasteiger partial charge in [-0.3, -0.25) is 9.69 Å². The summed E-state index contributed by atoms with van der Waals surface area (Å²) in [5.41, 5.74) is 1.57. The molecular weight excluding hydrogens is 295 g/mol. The summed E-state index contributed by atoms with van der Waals surface area (Å²) in [7, 11) is 0. The van der Waals surface area contributed by atoms with E-state index in [1.807, 2.05) is 12.1 Å². The van der Waals surface area contributed by atoms with Crippen molar-refractivity contribution < 1.29 is 9.13 Å². The zero-order valence-corrected chi connectivity index (χ0v) is 13.0. The van der Waals surface area contributed by atoms with Gasteiger partial charge in [0.15, 0.2) is 0 Å². The van der Waals surface area contributed by atoms with Crippen molar-refractivity contribution in [2.24, 2.45) is 0 Å². The maximum atomic E-state index is 13.6. The molecule has 23 heavy (non-hydrogen) atoms. The van der Waals surface area contributed by atoms with Crippen LogP contribution in [0.25, 0.3) is 0 Å². The van der Waals surface area contributed by atoms with Gasteiger partial charge in [0, 0.05) is 37.5 Å². The Balaban J connectivity index is 1.45. The SMILES string of the molecule is O=c1cc(CN2CCC(OCc3ccccc3F)CC2)cc[nH]1. The Morgan fingerprint density at radius 1 is 1.22 bits per heavy atom. The zero-order chi connectivity index (χ0) is 16.1. The number of aromatic amines is 1. The summed E-state index contributed by atoms with van der Waals surface area (Å²) in [5.74, 6) is -0.209. The van der Waals surface area contributed by atoms with E-state index in [1.54, 1.807) is 24.4 Å². The van der Waals surface area contributed by atoms with Crippen molar-refractivity contribution in [3.05, 3.63) is 69.9 Å². The van der Waals surface area contributed by atoms with E-state index in [0.717, 1.165) is 38.0 Å². The lowest BCUT2D eigenvalue weighted by atomic mass is 10.1. The topological polar surface area (TPSA) is 45.3 Å². The molecule has 5 heteroatoms. The third-order valence-electron chi connectivity index (χ3n) is 4.21. The van der Waals surface area contributed by atoms with Crippen molar-refractivity contribution in [2.45, 2.75) is 32.1 Å². The van der Waals surface area contributed by atoms with Crippen LogP contribution in [0.15, 0.2) is 47.4 Å². The maximum Gasteiger partial charge on any atom is 0.248 e. The third-order valence-corrected chi connectivity index (χ3v) is 4.21. The smallest absolute Gasteiger partial charge is 0.248 e. The lowest BCUT2D eigenvalue weighted by Crippen LogP contribution is -2.36. The molecule has 0 amide bonds. The largest absolute Gasteiger partial charge is 0.373 e. The fourth-order valence-corrected chi connectivity index (χ4v) is 2.90. The van der Waals surface area contributed by atoms with Gasteiger partial charge in [-0.25, -0.2) is 4.39 Å². The van der Waals surface area contributed by atoms with Gasteiger partial charge in [0.1, 0.15) is 5.82 Å². The van der Waals surface area contributed by atoms with Crippen molar-refractivity contribution in [2.75, 3.05) is 13.1 Å². The molecule has 3 rings (SSSR count). The molecule has 2 aromatic rings. The number of hydrogen-bond donors (Lipinski definition) is 1. The highest BCUT2D eigenvalue weighted by Gasteiger charge is 2.20. The second-order valence-electron chi connectivity index (χ2n) is 5.94. The normalized spacial score (nSPS) is 16.6. The van der Waals surface area contributed by atoms with Crippen LogP contribution in [0.3, 0.4) is 0 Å². The predicted molar refractivity (Wildman–Crippen MR) is 86.6 cm³/mol. The number of benzene rings is 1. The number of nitrogens with zero attached hydrogens (tertiary/aromatic N) is 1. The summed E-state index contributed by atoms with van der Waals surface area (Å²) in [4.78, 5) is 16.3. The number of rotatable bonds is 5. The van der Waals surface area contributed by atoms with Gasteiger partial charge in [-0.1, -0.05) is 18.2 Å². The average Bonchev–Trinajstić information content (AvgIpc) is 2.56. The van der Waals surface area contributed by atoms with Gasteiger partial charge < -0.3 is 9.72 Å². The molecule has 1 aliphatic heterocycles. The number of H-pyrrole nitrogens is 1. The van der Waals surface area contributed by atoms with E-state index in [0.29, 0.717) is 12.2 Å². The number of piperidine rings is 1. The number of nitrogens with one attached hydrogen (secondary N) is 1. The first-order valence-corrected chi connectivity index (χ1v) is 7.96. The first-order valence-electron chi connectivity index (χ1n) is 7.96. The van der Waals surface area contributed by atoms with E-state index in [4.69, 9.17) is 4.74 Å². The van der Waals surface area contributed by atoms with Gasteiger partial charge in [-0.15, -0.1) is 0 Å². The average molecular weight is 316 g/mol. The van der Waals surface area contributed by atoms with E-state index < -0.39 is 0 Å². The Morgan fingerprint density at radius 2 is 2.00 bits per heavy atom. The Hall–Kier alpha value is -1.98. The Labute approximate surface area is 134 Å². The highest BCUT2D eigenvalue weighted by Crippen LogP contribution is 2.18. The van der Waals surface area contributed by atoms with Gasteiger partial charge in [-0.05, 0) is 30.5 Å². The molecule has 4 nitrogen and oxygen atoms in total. The molecular formula is C18H21FN2O2. The summed E-state index contributed by atoms with van der Waals surface area (Å²) < 4.78 is 19.4. The fourth-order valence-electron chi connectivity index (χ4n) is 2.90. The van der Waals surface area contributed by atoms with Crippen LogP contribution in [0, 0.1) is 5.82 Å². The van der Waals surface area contributed by atoms with Crippen molar-refractivity contribution in [1.29, 1.82) is 0 Å². The molecule has 1 N–H and O–H groups in total. The van der Waals surface area contributed by atoms with E-state index >= 15 is 0 Å². The number of ether oxygens (including phenoxy) is 1. The molecule has 0 bridgehead atoms. The van der Waals surface area contributed by atoms with Crippen molar-refractivity contribution in [3.63, 3.8) is 0 Å². The van der Waals surface area contributed by atoms with Gasteiger partial charge >= 0.3 is 0 Å². The van der Waals surface area contributed by atoms with Crippen LogP contribution in [0.1, 0.15) is 24.0 Å². The standard InChI is InChI=1S/C18H21FN2O2/c19-17-4-2-1-3-15(17)13-23-16-6-9-21(10-7-16)12-14-5-8-20-18(22)11-14/h1-5,8,11,16H,6-7,9-10,12-13H2,(H,20,22). The molecule has 0 unspecified atom stereocenters. The summed E-state index contributed by atoms with van der Waals surface area (Å²) in [6, 6.07) is 10.3. The first kappa shape index (κ1) is 15.9. The summed E-state index contributed by atoms with van der Waals surface area (Å²) in [6.07, 6.45) is 3.71. The number of hydrogen-bond acceptors (Lipinski definition) is 3. The third kappa shape index (κ3) is 4.50. The molecule has 0 saturated carbocycles. The molecule has 2 heterocycles. The summed E-state index contributed by atoms with van der Waals surface area (Å²) in [5, 5.41) is 0. The van der Waals surface area contributed by atoms with Crippen molar-refractivity contribution in [3.8, 4) is 0 Å². The van der Waals surface area contributed by atoms with Gasteiger partial charge in [-0.2, -0.15) is 0 Å². The lowest BCUT2D eigenvalue weighted by molar-refractivity contribution is -0.00494. The summed E-state index contributed by atoms with van der Waals surface area (Å²) in [6.45, 7) is 2.96. The second kappa shape index (κ2) is 7.53. The Morgan fingerprint density at radius 3 is 2.74 bits per heavy atom. The van der Waals surface area contributed by atoms with Crippen LogP contribution in [0.2, 0.25) is 0 Å². The van der Waals surface area contributed by atoms with Gasteiger partial charge in [0.2, 0.25) is 5.56 Å². The Bertz CT molecular complexity index is 693. The molecule has 122 valence electrons. The minimum absolute atomic E-state index is 0.0643. The first-order chi connectivity index (χ1) is 11.2. The molecule has 0 aliphatic carbocycles. The van der Waals surface area contributed by atoms with Gasteiger partial charge in [0.05, 0.1) is 12.7 Å². The minimum Gasteiger partial charge on any atom is -0.373 e. The van der Waals surface area contributed by atoms with Crippen molar-refractivity contribution in [1.82, 2.24) is 9.88 Å². The van der Waals surface area contributed by atoms with Crippen LogP contribution in [0.4, 0.5) is 4.39 Å². The van der Waals surface area contributed by atoms with E-state index in [-0.39, 0.29) is 17.5 Å². The van der Waals surface area contributed by atoms with Crippen LogP contribution in [0.5, 0.6) is 0 Å². The van der Waals surface area contributed by atoms with Crippen LogP contribution >= 0.6 is 0 Å². The highest BCUT2D eigenvalue weighted by atomic mass is 19.1. The monoisotopic (exact) mass is 316 g/mol. The van der Waals surface area contributed by atoms with Crippen LogP contribution in [-0.4, -0.2) is 29.1 Å². The quantitative estimate of drug-likeness (QED) is 0.922. The molecule has 0 radical (unpaired) electrons. The highest BCUT2D eigenvalue weighted by molar-refractivity contribution is 5.16. The number of halogens is 1. The van der Waals surface area contributed by atoms with E-state index in [2.05, 4.69) is 9.88 Å². The molecule has 1 fully saturated rings. The predicted octanol–water partition coefficient (Wildman–Crippen LogP) is 2.70. The molecule has 1 saturated heterocycles. The molecule has 1 aromatic heterocycles. The molecule has 0 atom stereocenters. The van der Waals surface area contributed by atoms with Crippen LogP contribution < -0.4 is 5.56 Å². The van der Waals surface area contributed by atoms with Crippen LogP contribution in [-0.2, 0) is 17.9 Å². The second-order valence-corrected chi connectivity index (χ2v) is 5.94. The van der Waals surface area contributed by atoms with Gasteiger partial charge in [0.25, 0.3) is 0 Å². The number of aromatic nitrogens is 1. The Kier molecular flexibility index (Phi) is 5.20. The zero-order valence-electron chi connectivity index (χ0n) is 13.0. The molecule has 1 aromatic carbocycles. The number of pyridine rings is 1. The maximum absolute atomic E-state index is 13.6. The van der Waals surface area contributed by atoms with E-state index in [9.17, 15) is 9.18 Å². The fraction of sp³-hybridized carbons (Fsp3) is 0.389. The summed E-state index contributed by atoms with van der Waals surface area (Å²) >= 11 is 0. The lowest BCUT2D eigenvalue weighted by Gasteiger charge is -2.31. The van der Waals surface area contributed by atoms with Crippen molar-refractivity contribution >= 4 is 0 Å².